The van der Waals surface area contributed by atoms with Gasteiger partial charge in [-0.05, 0) is 17.7 Å². The van der Waals surface area contributed by atoms with E-state index in [-0.39, 0.29) is 12.2 Å². The summed E-state index contributed by atoms with van der Waals surface area (Å²) in [5.41, 5.74) is -1.71. The van der Waals surface area contributed by atoms with Crippen LogP contribution in [0.5, 0.6) is 0 Å². The second kappa shape index (κ2) is 6.57. The molecule has 0 fully saturated rings. The number of hydrogen-bond acceptors (Lipinski definition) is 3. The Balaban J connectivity index is 3.18. The Morgan fingerprint density at radius 3 is 2.60 bits per heavy atom. The fourth-order valence-electron chi connectivity index (χ4n) is 1.39. The van der Waals surface area contributed by atoms with Gasteiger partial charge in [0.2, 0.25) is 0 Å². The zero-order valence-electron chi connectivity index (χ0n) is 10.3. The lowest BCUT2D eigenvalue weighted by Crippen LogP contribution is -2.09. The number of hydrogen-bond donors (Lipinski definition) is 0. The summed E-state index contributed by atoms with van der Waals surface area (Å²) in [4.78, 5) is 11.5. The van der Waals surface area contributed by atoms with Crippen LogP contribution >= 0.6 is 0 Å². The van der Waals surface area contributed by atoms with Gasteiger partial charge < -0.3 is 4.74 Å². The number of rotatable bonds is 4. The molecular weight excluding hydrogens is 271 g/mol. The maximum Gasteiger partial charge on any atom is 0.416 e. The summed E-state index contributed by atoms with van der Waals surface area (Å²) in [6, 6.07) is 6.17. The summed E-state index contributed by atoms with van der Waals surface area (Å²) in [5, 5.41) is 8.82. The first-order valence-corrected chi connectivity index (χ1v) is 5.46. The normalized spacial score (nSPS) is 11.6. The van der Waals surface area contributed by atoms with Crippen LogP contribution in [-0.4, -0.2) is 12.6 Å². The molecule has 3 nitrogen and oxygen atoms in total. The number of carbonyl (C=O) groups excluding carboxylic acids is 1. The number of halogens is 3. The minimum atomic E-state index is -4.57. The van der Waals surface area contributed by atoms with Crippen LogP contribution < -0.4 is 0 Å². The largest absolute Gasteiger partial charge is 0.457 e. The zero-order valence-corrected chi connectivity index (χ0v) is 10.3. The first kappa shape index (κ1) is 15.5. The fourth-order valence-corrected chi connectivity index (χ4v) is 1.39. The van der Waals surface area contributed by atoms with Crippen molar-refractivity contribution in [1.29, 1.82) is 5.26 Å². The Labute approximate surface area is 113 Å². The van der Waals surface area contributed by atoms with Crippen molar-refractivity contribution in [2.75, 3.05) is 6.61 Å². The number of ether oxygens (including phenoxy) is 1. The molecule has 0 aliphatic carbocycles. The van der Waals surface area contributed by atoms with Crippen molar-refractivity contribution in [2.24, 2.45) is 0 Å². The van der Waals surface area contributed by atoms with Gasteiger partial charge in [0, 0.05) is 0 Å². The van der Waals surface area contributed by atoms with Gasteiger partial charge in [0.25, 0.3) is 0 Å². The van der Waals surface area contributed by atoms with E-state index < -0.39 is 23.3 Å². The van der Waals surface area contributed by atoms with Crippen molar-refractivity contribution in [3.05, 3.63) is 53.6 Å². The third-order valence-electron chi connectivity index (χ3n) is 2.24. The molecule has 0 saturated carbocycles. The van der Waals surface area contributed by atoms with E-state index in [0.717, 1.165) is 12.1 Å². The van der Waals surface area contributed by atoms with Gasteiger partial charge in [-0.3, -0.25) is 0 Å². The smallest absolute Gasteiger partial charge is 0.416 e. The van der Waals surface area contributed by atoms with E-state index in [4.69, 9.17) is 5.26 Å². The molecule has 0 amide bonds. The molecule has 0 aliphatic heterocycles. The molecule has 1 aromatic rings. The summed E-state index contributed by atoms with van der Waals surface area (Å²) < 4.78 is 42.9. The molecule has 0 bridgehead atoms. The lowest BCUT2D eigenvalue weighted by atomic mass is 10.0. The number of nitrogens with zero attached hydrogens (tertiary/aromatic N) is 1. The molecule has 6 heteroatoms. The molecule has 0 saturated heterocycles. The molecule has 20 heavy (non-hydrogen) atoms. The second-order valence-corrected chi connectivity index (χ2v) is 3.64. The van der Waals surface area contributed by atoms with Gasteiger partial charge in [0.15, 0.2) is 0 Å². The van der Waals surface area contributed by atoms with Gasteiger partial charge in [-0.1, -0.05) is 30.9 Å². The quantitative estimate of drug-likeness (QED) is 0.368. The maximum atomic E-state index is 12.8. The number of nitriles is 1. The van der Waals surface area contributed by atoms with Gasteiger partial charge in [-0.2, -0.15) is 18.4 Å². The first-order chi connectivity index (χ1) is 9.40. The van der Waals surface area contributed by atoms with E-state index in [0.29, 0.717) is 0 Å². The van der Waals surface area contributed by atoms with Crippen molar-refractivity contribution >= 4 is 12.0 Å². The molecule has 0 heterocycles. The Kier molecular flexibility index (Phi) is 5.09. The zero-order chi connectivity index (χ0) is 15.2. The standard InChI is InChI=1S/C14H10F3NO2/c1-2-7-20-13(19)11(9-18)8-10-5-3-4-6-12(10)14(15,16)17/h2-6,8H,1,7H2. The highest BCUT2D eigenvalue weighted by Gasteiger charge is 2.32. The maximum absolute atomic E-state index is 12.8. The number of benzene rings is 1. The summed E-state index contributed by atoms with van der Waals surface area (Å²) in [6.45, 7) is 3.19. The number of esters is 1. The monoisotopic (exact) mass is 281 g/mol. The highest BCUT2D eigenvalue weighted by atomic mass is 19.4. The van der Waals surface area contributed by atoms with Gasteiger partial charge >= 0.3 is 12.1 Å². The van der Waals surface area contributed by atoms with Crippen molar-refractivity contribution in [3.8, 4) is 6.07 Å². The topological polar surface area (TPSA) is 50.1 Å². The second-order valence-electron chi connectivity index (χ2n) is 3.64. The Bertz CT molecular complexity index is 583. The van der Waals surface area contributed by atoms with Gasteiger partial charge in [0.05, 0.1) is 5.56 Å². The summed E-state index contributed by atoms with van der Waals surface area (Å²) in [6.07, 6.45) is -2.43. The van der Waals surface area contributed by atoms with Crippen LogP contribution in [0.25, 0.3) is 6.08 Å². The average molecular weight is 281 g/mol. The van der Waals surface area contributed by atoms with Crippen LogP contribution in [0.15, 0.2) is 42.5 Å². The summed E-state index contributed by atoms with van der Waals surface area (Å²) in [7, 11) is 0. The minimum absolute atomic E-state index is 0.126. The van der Waals surface area contributed by atoms with Crippen LogP contribution in [0, 0.1) is 11.3 Å². The van der Waals surface area contributed by atoms with Crippen LogP contribution in [0.3, 0.4) is 0 Å². The molecule has 0 spiro atoms. The highest BCUT2D eigenvalue weighted by molar-refractivity contribution is 5.98. The van der Waals surface area contributed by atoms with Crippen molar-refractivity contribution < 1.29 is 22.7 Å². The molecule has 1 rings (SSSR count). The van der Waals surface area contributed by atoms with Crippen molar-refractivity contribution in [1.82, 2.24) is 0 Å². The molecule has 0 N–H and O–H groups in total. The lowest BCUT2D eigenvalue weighted by Gasteiger charge is -2.10. The van der Waals surface area contributed by atoms with Crippen LogP contribution in [0.1, 0.15) is 11.1 Å². The predicted molar refractivity (Wildman–Crippen MR) is 66.2 cm³/mol. The summed E-state index contributed by atoms with van der Waals surface area (Å²) >= 11 is 0. The van der Waals surface area contributed by atoms with E-state index in [2.05, 4.69) is 11.3 Å². The predicted octanol–water partition coefficient (Wildman–Crippen LogP) is 3.34. The molecule has 0 aromatic heterocycles. The van der Waals surface area contributed by atoms with Gasteiger partial charge in [-0.25, -0.2) is 4.79 Å². The van der Waals surface area contributed by atoms with Crippen LogP contribution in [-0.2, 0) is 15.7 Å². The van der Waals surface area contributed by atoms with E-state index in [9.17, 15) is 18.0 Å². The fraction of sp³-hybridized carbons (Fsp3) is 0.143. The number of alkyl halides is 3. The molecule has 104 valence electrons. The van der Waals surface area contributed by atoms with Crippen molar-refractivity contribution in [3.63, 3.8) is 0 Å². The Morgan fingerprint density at radius 2 is 2.05 bits per heavy atom. The summed E-state index contributed by atoms with van der Waals surface area (Å²) in [5.74, 6) is -0.996. The SMILES string of the molecule is C=CCOC(=O)C(C#N)=Cc1ccccc1C(F)(F)F. The van der Waals surface area contributed by atoms with Crippen LogP contribution in [0.4, 0.5) is 13.2 Å². The Morgan fingerprint density at radius 1 is 1.40 bits per heavy atom. The number of carbonyl (C=O) groups is 1. The molecule has 0 aliphatic rings. The van der Waals surface area contributed by atoms with E-state index in [1.807, 2.05) is 0 Å². The average Bonchev–Trinajstić information content (AvgIpc) is 2.41. The van der Waals surface area contributed by atoms with Crippen LogP contribution in [0.2, 0.25) is 0 Å². The van der Waals surface area contributed by atoms with E-state index >= 15 is 0 Å². The highest BCUT2D eigenvalue weighted by Crippen LogP contribution is 2.32. The van der Waals surface area contributed by atoms with Gasteiger partial charge in [-0.15, -0.1) is 0 Å². The van der Waals surface area contributed by atoms with Gasteiger partial charge in [0.1, 0.15) is 18.2 Å². The third-order valence-corrected chi connectivity index (χ3v) is 2.24. The Hall–Kier alpha value is -2.55. The van der Waals surface area contributed by atoms with E-state index in [1.165, 1.54) is 30.3 Å². The molecule has 0 radical (unpaired) electrons. The molecular formula is C14H10F3NO2. The third kappa shape index (κ3) is 3.99. The minimum Gasteiger partial charge on any atom is -0.457 e. The molecule has 1 aromatic carbocycles. The molecule has 0 atom stereocenters. The van der Waals surface area contributed by atoms with Crippen molar-refractivity contribution in [2.45, 2.75) is 6.18 Å². The molecule has 0 unspecified atom stereocenters. The first-order valence-electron chi connectivity index (χ1n) is 5.46. The lowest BCUT2D eigenvalue weighted by molar-refractivity contribution is -0.138. The van der Waals surface area contributed by atoms with E-state index in [1.54, 1.807) is 0 Å².